The lowest BCUT2D eigenvalue weighted by Gasteiger charge is -2.34. The van der Waals surface area contributed by atoms with Crippen LogP contribution in [-0.4, -0.2) is 51.7 Å². The summed E-state index contributed by atoms with van der Waals surface area (Å²) in [6.45, 7) is 6.15. The first-order valence-corrected chi connectivity index (χ1v) is 7.95. The molecule has 1 aliphatic rings. The predicted molar refractivity (Wildman–Crippen MR) is 85.5 cm³/mol. The lowest BCUT2D eigenvalue weighted by atomic mass is 10.2. The summed E-state index contributed by atoms with van der Waals surface area (Å²) >= 11 is 0. The van der Waals surface area contributed by atoms with Gasteiger partial charge in [0.2, 0.25) is 0 Å². The Morgan fingerprint density at radius 2 is 1.96 bits per heavy atom. The maximum Gasteiger partial charge on any atom is 0.257 e. The smallest absolute Gasteiger partial charge is 0.257 e. The van der Waals surface area contributed by atoms with Gasteiger partial charge in [-0.2, -0.15) is 5.10 Å². The average Bonchev–Trinajstić information content (AvgIpc) is 3.06. The van der Waals surface area contributed by atoms with E-state index in [2.05, 4.69) is 10.00 Å². The first kappa shape index (κ1) is 15.7. The third-order valence-corrected chi connectivity index (χ3v) is 4.22. The van der Waals surface area contributed by atoms with Gasteiger partial charge in [0, 0.05) is 51.0 Å². The monoisotopic (exact) mass is 316 g/mol. The van der Waals surface area contributed by atoms with Crippen LogP contribution in [0.5, 0.6) is 0 Å². The minimum Gasteiger partial charge on any atom is -0.336 e. The van der Waals surface area contributed by atoms with Crippen LogP contribution in [0.3, 0.4) is 0 Å². The van der Waals surface area contributed by atoms with E-state index in [9.17, 15) is 9.18 Å². The Bertz CT molecular complexity index is 677. The van der Waals surface area contributed by atoms with Crippen molar-refractivity contribution in [1.82, 2.24) is 19.6 Å². The average molecular weight is 316 g/mol. The summed E-state index contributed by atoms with van der Waals surface area (Å²) in [6, 6.07) is 6.85. The summed E-state index contributed by atoms with van der Waals surface area (Å²) in [7, 11) is 0. The zero-order chi connectivity index (χ0) is 16.2. The molecule has 0 aliphatic carbocycles. The number of aryl methyl sites for hydroxylation is 1. The molecule has 0 saturated carbocycles. The lowest BCUT2D eigenvalue weighted by molar-refractivity contribution is 0.0627. The Kier molecular flexibility index (Phi) is 4.71. The number of hydrogen-bond donors (Lipinski definition) is 0. The summed E-state index contributed by atoms with van der Waals surface area (Å²) in [5.41, 5.74) is 1.34. The maximum absolute atomic E-state index is 13.7. The predicted octanol–water partition coefficient (Wildman–Crippen LogP) is 2.00. The van der Waals surface area contributed by atoms with Gasteiger partial charge in [-0.05, 0) is 13.0 Å². The van der Waals surface area contributed by atoms with E-state index >= 15 is 0 Å². The Labute approximate surface area is 135 Å². The van der Waals surface area contributed by atoms with E-state index in [4.69, 9.17) is 0 Å². The molecule has 6 heteroatoms. The first-order chi connectivity index (χ1) is 11.2. The molecular weight excluding hydrogens is 295 g/mol. The molecule has 122 valence electrons. The molecule has 2 heterocycles. The first-order valence-electron chi connectivity index (χ1n) is 7.95. The molecule has 0 bridgehead atoms. The second-order valence-electron chi connectivity index (χ2n) is 5.74. The van der Waals surface area contributed by atoms with Crippen molar-refractivity contribution in [3.05, 3.63) is 53.6 Å². The second-order valence-corrected chi connectivity index (χ2v) is 5.74. The van der Waals surface area contributed by atoms with Crippen LogP contribution in [0.15, 0.2) is 36.7 Å². The van der Waals surface area contributed by atoms with Crippen molar-refractivity contribution in [3.63, 3.8) is 0 Å². The Balaban J connectivity index is 1.56. The van der Waals surface area contributed by atoms with Crippen LogP contribution in [0.2, 0.25) is 0 Å². The number of nitrogens with zero attached hydrogens (tertiary/aromatic N) is 4. The Morgan fingerprint density at radius 1 is 1.22 bits per heavy atom. The normalized spacial score (nSPS) is 15.8. The highest BCUT2D eigenvalue weighted by Crippen LogP contribution is 2.13. The van der Waals surface area contributed by atoms with Gasteiger partial charge in [0.05, 0.1) is 11.8 Å². The number of carbonyl (C=O) groups excluding carboxylic acids is 1. The summed E-state index contributed by atoms with van der Waals surface area (Å²) in [6.07, 6.45) is 3.41. The Hall–Kier alpha value is -2.21. The molecule has 1 aliphatic heterocycles. The maximum atomic E-state index is 13.7. The van der Waals surface area contributed by atoms with Gasteiger partial charge >= 0.3 is 0 Å². The molecule has 1 aromatic carbocycles. The van der Waals surface area contributed by atoms with Crippen molar-refractivity contribution in [3.8, 4) is 0 Å². The summed E-state index contributed by atoms with van der Waals surface area (Å²) in [4.78, 5) is 16.5. The van der Waals surface area contributed by atoms with Crippen LogP contribution >= 0.6 is 0 Å². The SMILES string of the molecule is CCn1cc(C(=O)N2CCN(Cc3ccccc3F)CC2)cn1. The molecule has 1 amide bonds. The van der Waals surface area contributed by atoms with Crippen molar-refractivity contribution in [1.29, 1.82) is 0 Å². The largest absolute Gasteiger partial charge is 0.336 e. The van der Waals surface area contributed by atoms with E-state index in [0.29, 0.717) is 30.8 Å². The molecule has 1 saturated heterocycles. The van der Waals surface area contributed by atoms with Gasteiger partial charge in [-0.15, -0.1) is 0 Å². The molecule has 0 N–H and O–H groups in total. The van der Waals surface area contributed by atoms with Crippen LogP contribution < -0.4 is 0 Å². The number of rotatable bonds is 4. The standard InChI is InChI=1S/C17H21FN4O/c1-2-22-13-15(11-19-22)17(23)21-9-7-20(8-10-21)12-14-5-3-4-6-16(14)18/h3-6,11,13H,2,7-10,12H2,1H3. The van der Waals surface area contributed by atoms with E-state index < -0.39 is 0 Å². The molecule has 1 aromatic heterocycles. The van der Waals surface area contributed by atoms with E-state index in [1.54, 1.807) is 23.1 Å². The molecule has 0 radical (unpaired) electrons. The zero-order valence-corrected chi connectivity index (χ0v) is 13.3. The van der Waals surface area contributed by atoms with Crippen LogP contribution in [0.1, 0.15) is 22.8 Å². The fourth-order valence-electron chi connectivity index (χ4n) is 2.81. The van der Waals surface area contributed by atoms with Gasteiger partial charge < -0.3 is 4.90 Å². The van der Waals surface area contributed by atoms with Crippen LogP contribution in [-0.2, 0) is 13.1 Å². The topological polar surface area (TPSA) is 41.4 Å². The summed E-state index contributed by atoms with van der Waals surface area (Å²) < 4.78 is 15.5. The second kappa shape index (κ2) is 6.91. The van der Waals surface area contributed by atoms with Crippen molar-refractivity contribution in [2.24, 2.45) is 0 Å². The number of piperazine rings is 1. The van der Waals surface area contributed by atoms with Crippen molar-refractivity contribution in [2.75, 3.05) is 26.2 Å². The fourth-order valence-corrected chi connectivity index (χ4v) is 2.81. The lowest BCUT2D eigenvalue weighted by Crippen LogP contribution is -2.48. The van der Waals surface area contributed by atoms with Gasteiger partial charge in [-0.1, -0.05) is 18.2 Å². The highest BCUT2D eigenvalue weighted by molar-refractivity contribution is 5.93. The van der Waals surface area contributed by atoms with E-state index in [-0.39, 0.29) is 11.7 Å². The van der Waals surface area contributed by atoms with Gasteiger partial charge in [0.25, 0.3) is 5.91 Å². The number of carbonyl (C=O) groups is 1. The highest BCUT2D eigenvalue weighted by atomic mass is 19.1. The van der Waals surface area contributed by atoms with Gasteiger partial charge in [-0.3, -0.25) is 14.4 Å². The summed E-state index contributed by atoms with van der Waals surface area (Å²) in [5.74, 6) is -0.145. The third-order valence-electron chi connectivity index (χ3n) is 4.22. The number of amides is 1. The quantitative estimate of drug-likeness (QED) is 0.866. The van der Waals surface area contributed by atoms with E-state index in [1.807, 2.05) is 24.0 Å². The molecule has 0 spiro atoms. The molecule has 0 unspecified atom stereocenters. The van der Waals surface area contributed by atoms with Gasteiger partial charge in [-0.25, -0.2) is 4.39 Å². The molecular formula is C17H21FN4O. The summed E-state index contributed by atoms with van der Waals surface area (Å²) in [5, 5.41) is 4.15. The molecule has 1 fully saturated rings. The van der Waals surface area contributed by atoms with E-state index in [1.165, 1.54) is 6.07 Å². The number of aromatic nitrogens is 2. The number of halogens is 1. The highest BCUT2D eigenvalue weighted by Gasteiger charge is 2.23. The number of hydrogen-bond acceptors (Lipinski definition) is 3. The minimum atomic E-state index is -0.169. The van der Waals surface area contributed by atoms with Gasteiger partial charge in [0.15, 0.2) is 0 Å². The van der Waals surface area contributed by atoms with Crippen molar-refractivity contribution >= 4 is 5.91 Å². The molecule has 0 atom stereocenters. The van der Waals surface area contributed by atoms with Crippen LogP contribution in [0, 0.1) is 5.82 Å². The number of benzene rings is 1. The van der Waals surface area contributed by atoms with E-state index in [0.717, 1.165) is 19.6 Å². The molecule has 5 nitrogen and oxygen atoms in total. The third kappa shape index (κ3) is 3.59. The molecule has 3 rings (SSSR count). The van der Waals surface area contributed by atoms with Crippen molar-refractivity contribution in [2.45, 2.75) is 20.0 Å². The molecule has 2 aromatic rings. The molecule has 23 heavy (non-hydrogen) atoms. The fraction of sp³-hybridized carbons (Fsp3) is 0.412. The zero-order valence-electron chi connectivity index (χ0n) is 13.3. The van der Waals surface area contributed by atoms with Crippen LogP contribution in [0.4, 0.5) is 4.39 Å². The Morgan fingerprint density at radius 3 is 2.61 bits per heavy atom. The van der Waals surface area contributed by atoms with Crippen molar-refractivity contribution < 1.29 is 9.18 Å². The van der Waals surface area contributed by atoms with Gasteiger partial charge in [0.1, 0.15) is 5.82 Å². The van der Waals surface area contributed by atoms with Crippen LogP contribution in [0.25, 0.3) is 0 Å². The minimum absolute atomic E-state index is 0.0234.